The van der Waals surface area contributed by atoms with Crippen molar-refractivity contribution in [3.05, 3.63) is 47.8 Å². The SMILES string of the molecule is CNCc1cc(S(=O)(=O)Nc2c(F)cccc2F)c[nH]1. The van der Waals surface area contributed by atoms with Crippen LogP contribution < -0.4 is 10.0 Å². The lowest BCUT2D eigenvalue weighted by Crippen LogP contribution is -2.14. The summed E-state index contributed by atoms with van der Waals surface area (Å²) in [6.45, 7) is 0.448. The van der Waals surface area contributed by atoms with Gasteiger partial charge in [-0.05, 0) is 25.2 Å². The van der Waals surface area contributed by atoms with Crippen LogP contribution >= 0.6 is 0 Å². The average Bonchev–Trinajstić information content (AvgIpc) is 2.84. The molecule has 2 rings (SSSR count). The van der Waals surface area contributed by atoms with Gasteiger partial charge in [-0.25, -0.2) is 17.2 Å². The molecular formula is C12H13F2N3O2S. The fourth-order valence-electron chi connectivity index (χ4n) is 1.66. The van der Waals surface area contributed by atoms with Crippen LogP contribution in [0.25, 0.3) is 0 Å². The van der Waals surface area contributed by atoms with Crippen LogP contribution in [0.2, 0.25) is 0 Å². The van der Waals surface area contributed by atoms with Gasteiger partial charge in [0.2, 0.25) is 0 Å². The van der Waals surface area contributed by atoms with E-state index < -0.39 is 27.3 Å². The van der Waals surface area contributed by atoms with Crippen LogP contribution in [0.4, 0.5) is 14.5 Å². The fourth-order valence-corrected chi connectivity index (χ4v) is 2.75. The highest BCUT2D eigenvalue weighted by Gasteiger charge is 2.20. The molecule has 1 aromatic carbocycles. The first-order valence-electron chi connectivity index (χ1n) is 5.73. The number of aromatic amines is 1. The van der Waals surface area contributed by atoms with E-state index >= 15 is 0 Å². The molecule has 108 valence electrons. The molecule has 0 bridgehead atoms. The molecule has 0 saturated carbocycles. The quantitative estimate of drug-likeness (QED) is 0.788. The first-order chi connectivity index (χ1) is 9.44. The number of H-pyrrole nitrogens is 1. The Morgan fingerprint density at radius 1 is 1.25 bits per heavy atom. The van der Waals surface area contributed by atoms with Crippen molar-refractivity contribution in [1.29, 1.82) is 0 Å². The second-order valence-electron chi connectivity index (χ2n) is 4.09. The zero-order valence-corrected chi connectivity index (χ0v) is 11.4. The second kappa shape index (κ2) is 5.59. The Balaban J connectivity index is 2.31. The third-order valence-electron chi connectivity index (χ3n) is 2.59. The summed E-state index contributed by atoms with van der Waals surface area (Å²) in [4.78, 5) is 2.67. The van der Waals surface area contributed by atoms with E-state index in [4.69, 9.17) is 0 Å². The highest BCUT2D eigenvalue weighted by molar-refractivity contribution is 7.92. The summed E-state index contributed by atoms with van der Waals surface area (Å²) in [5, 5.41) is 2.85. The molecule has 0 aliphatic rings. The molecule has 0 atom stereocenters. The van der Waals surface area contributed by atoms with Crippen molar-refractivity contribution in [3.8, 4) is 0 Å². The van der Waals surface area contributed by atoms with Crippen molar-refractivity contribution >= 4 is 15.7 Å². The number of halogens is 2. The Morgan fingerprint density at radius 3 is 2.50 bits per heavy atom. The van der Waals surface area contributed by atoms with Gasteiger partial charge in [-0.1, -0.05) is 6.07 Å². The number of para-hydroxylation sites is 1. The van der Waals surface area contributed by atoms with Crippen LogP contribution in [-0.2, 0) is 16.6 Å². The van der Waals surface area contributed by atoms with Crippen molar-refractivity contribution in [2.75, 3.05) is 11.8 Å². The summed E-state index contributed by atoms with van der Waals surface area (Å²) in [6, 6.07) is 4.50. The molecule has 0 aliphatic carbocycles. The van der Waals surface area contributed by atoms with Crippen molar-refractivity contribution < 1.29 is 17.2 Å². The van der Waals surface area contributed by atoms with Gasteiger partial charge in [0.25, 0.3) is 10.0 Å². The van der Waals surface area contributed by atoms with Gasteiger partial charge in [0.05, 0.1) is 0 Å². The lowest BCUT2D eigenvalue weighted by molar-refractivity contribution is 0.583. The van der Waals surface area contributed by atoms with Crippen LogP contribution in [0.3, 0.4) is 0 Å². The van der Waals surface area contributed by atoms with Gasteiger partial charge in [0.15, 0.2) is 0 Å². The Hall–Kier alpha value is -1.93. The maximum absolute atomic E-state index is 13.4. The number of benzene rings is 1. The number of sulfonamides is 1. The van der Waals surface area contributed by atoms with Crippen molar-refractivity contribution in [2.45, 2.75) is 11.4 Å². The molecule has 0 unspecified atom stereocenters. The standard InChI is InChI=1S/C12H13F2N3O2S/c1-15-6-8-5-9(7-16-8)20(18,19)17-12-10(13)3-2-4-11(12)14/h2-5,7,15-17H,6H2,1H3. The molecule has 2 aromatic rings. The van der Waals surface area contributed by atoms with E-state index in [1.807, 2.05) is 4.72 Å². The minimum absolute atomic E-state index is 0.0922. The van der Waals surface area contributed by atoms with Crippen LogP contribution in [-0.4, -0.2) is 20.4 Å². The van der Waals surface area contributed by atoms with Crippen LogP contribution in [0.1, 0.15) is 5.69 Å². The highest BCUT2D eigenvalue weighted by atomic mass is 32.2. The number of anilines is 1. The maximum atomic E-state index is 13.4. The van der Waals surface area contributed by atoms with Crippen LogP contribution in [0, 0.1) is 11.6 Å². The number of nitrogens with one attached hydrogen (secondary N) is 3. The summed E-state index contributed by atoms with van der Waals surface area (Å²) in [6.07, 6.45) is 1.26. The number of hydrogen-bond donors (Lipinski definition) is 3. The van der Waals surface area contributed by atoms with Gasteiger partial charge in [0, 0.05) is 18.4 Å². The topological polar surface area (TPSA) is 74.0 Å². The number of aromatic nitrogens is 1. The van der Waals surface area contributed by atoms with Gasteiger partial charge >= 0.3 is 0 Å². The Morgan fingerprint density at radius 2 is 1.90 bits per heavy atom. The highest BCUT2D eigenvalue weighted by Crippen LogP contribution is 2.22. The monoisotopic (exact) mass is 301 g/mol. The summed E-state index contributed by atoms with van der Waals surface area (Å²) < 4.78 is 52.9. The summed E-state index contributed by atoms with van der Waals surface area (Å²) >= 11 is 0. The molecule has 0 fully saturated rings. The Kier molecular flexibility index (Phi) is 4.05. The van der Waals surface area contributed by atoms with Gasteiger partial charge in [-0.3, -0.25) is 4.72 Å². The smallest absolute Gasteiger partial charge is 0.263 e. The predicted molar refractivity (Wildman–Crippen MR) is 70.7 cm³/mol. The molecule has 0 aliphatic heterocycles. The van der Waals surface area contributed by atoms with E-state index in [1.165, 1.54) is 12.3 Å². The first-order valence-corrected chi connectivity index (χ1v) is 7.21. The van der Waals surface area contributed by atoms with E-state index in [2.05, 4.69) is 10.3 Å². The van der Waals surface area contributed by atoms with Gasteiger partial charge in [0.1, 0.15) is 22.2 Å². The summed E-state index contributed by atoms with van der Waals surface area (Å²) in [5.74, 6) is -1.95. The molecule has 3 N–H and O–H groups in total. The minimum Gasteiger partial charge on any atom is -0.363 e. The van der Waals surface area contributed by atoms with Crippen LogP contribution in [0.5, 0.6) is 0 Å². The average molecular weight is 301 g/mol. The number of rotatable bonds is 5. The molecular weight excluding hydrogens is 288 g/mol. The van der Waals surface area contributed by atoms with Gasteiger partial charge in [-0.15, -0.1) is 0 Å². The molecule has 5 nitrogen and oxygen atoms in total. The third kappa shape index (κ3) is 2.97. The Labute approximate surface area is 115 Å². The fraction of sp³-hybridized carbons (Fsp3) is 0.167. The maximum Gasteiger partial charge on any atom is 0.263 e. The van der Waals surface area contributed by atoms with Crippen molar-refractivity contribution in [1.82, 2.24) is 10.3 Å². The Bertz CT molecular complexity index is 693. The van der Waals surface area contributed by atoms with E-state index in [0.29, 0.717) is 12.2 Å². The number of hydrogen-bond acceptors (Lipinski definition) is 3. The molecule has 20 heavy (non-hydrogen) atoms. The largest absolute Gasteiger partial charge is 0.363 e. The normalized spacial score (nSPS) is 11.6. The summed E-state index contributed by atoms with van der Waals surface area (Å²) in [7, 11) is -2.33. The molecule has 0 radical (unpaired) electrons. The van der Waals surface area contributed by atoms with Gasteiger partial charge < -0.3 is 10.3 Å². The minimum atomic E-state index is -4.04. The van der Waals surface area contributed by atoms with Gasteiger partial charge in [-0.2, -0.15) is 0 Å². The van der Waals surface area contributed by atoms with Crippen molar-refractivity contribution in [3.63, 3.8) is 0 Å². The lowest BCUT2D eigenvalue weighted by Gasteiger charge is -2.08. The molecule has 0 spiro atoms. The molecule has 0 saturated heterocycles. The molecule has 1 heterocycles. The molecule has 0 amide bonds. The zero-order valence-electron chi connectivity index (χ0n) is 10.6. The zero-order chi connectivity index (χ0) is 14.8. The van der Waals surface area contributed by atoms with E-state index in [0.717, 1.165) is 18.2 Å². The van der Waals surface area contributed by atoms with Crippen LogP contribution in [0.15, 0.2) is 35.4 Å². The molecule has 8 heteroatoms. The molecule has 1 aromatic heterocycles. The van der Waals surface area contributed by atoms with Crippen molar-refractivity contribution in [2.24, 2.45) is 0 Å². The first kappa shape index (κ1) is 14.5. The lowest BCUT2D eigenvalue weighted by atomic mass is 10.3. The second-order valence-corrected chi connectivity index (χ2v) is 5.78. The van der Waals surface area contributed by atoms with E-state index in [-0.39, 0.29) is 4.90 Å². The van der Waals surface area contributed by atoms with E-state index in [9.17, 15) is 17.2 Å². The van der Waals surface area contributed by atoms with E-state index in [1.54, 1.807) is 7.05 Å². The predicted octanol–water partition coefficient (Wildman–Crippen LogP) is 1.81. The third-order valence-corrected chi connectivity index (χ3v) is 3.92. The summed E-state index contributed by atoms with van der Waals surface area (Å²) in [5.41, 5.74) is -0.0502.